The van der Waals surface area contributed by atoms with E-state index in [9.17, 15) is 9.90 Å². The van der Waals surface area contributed by atoms with Crippen LogP contribution in [-0.2, 0) is 24.3 Å². The molecule has 0 saturated carbocycles. The lowest BCUT2D eigenvalue weighted by Gasteiger charge is -2.31. The van der Waals surface area contributed by atoms with Crippen molar-refractivity contribution in [2.24, 2.45) is 0 Å². The van der Waals surface area contributed by atoms with Crippen LogP contribution in [0, 0.1) is 13.8 Å². The number of aromatic nitrogens is 1. The molecule has 37 heavy (non-hydrogen) atoms. The van der Waals surface area contributed by atoms with Crippen LogP contribution in [0.5, 0.6) is 5.75 Å². The number of aliphatic hydroxyl groups excluding tert-OH is 1. The van der Waals surface area contributed by atoms with Crippen molar-refractivity contribution < 1.29 is 23.8 Å². The lowest BCUT2D eigenvalue weighted by atomic mass is 9.94. The summed E-state index contributed by atoms with van der Waals surface area (Å²) in [5.41, 5.74) is 5.98. The van der Waals surface area contributed by atoms with Crippen LogP contribution in [0.1, 0.15) is 38.5 Å². The molecular formula is C28H34N4O5. The molecule has 0 unspecified atom stereocenters. The fraction of sp³-hybridized carbons (Fsp3) is 0.429. The van der Waals surface area contributed by atoms with Gasteiger partial charge in [-0.3, -0.25) is 9.69 Å². The van der Waals surface area contributed by atoms with E-state index in [-0.39, 0.29) is 12.5 Å². The third-order valence-electron chi connectivity index (χ3n) is 7.02. The molecule has 1 atom stereocenters. The lowest BCUT2D eigenvalue weighted by molar-refractivity contribution is 0.0211. The highest BCUT2D eigenvalue weighted by molar-refractivity contribution is 5.95. The van der Waals surface area contributed by atoms with E-state index >= 15 is 0 Å². The molecule has 1 aromatic heterocycles. The molecule has 0 radical (unpaired) electrons. The van der Waals surface area contributed by atoms with E-state index in [1.807, 2.05) is 31.2 Å². The second-order valence-corrected chi connectivity index (χ2v) is 9.78. The molecule has 196 valence electrons. The van der Waals surface area contributed by atoms with Crippen LogP contribution in [0.3, 0.4) is 0 Å². The molecule has 0 aliphatic carbocycles. The van der Waals surface area contributed by atoms with Gasteiger partial charge < -0.3 is 29.6 Å². The van der Waals surface area contributed by atoms with Crippen molar-refractivity contribution in [1.82, 2.24) is 15.2 Å². The molecule has 1 saturated heterocycles. The first kappa shape index (κ1) is 25.3. The molecule has 9 heteroatoms. The highest BCUT2D eigenvalue weighted by Crippen LogP contribution is 2.30. The average molecular weight is 507 g/mol. The summed E-state index contributed by atoms with van der Waals surface area (Å²) in [6.45, 7) is 7.98. The minimum absolute atomic E-state index is 0.194. The fourth-order valence-electron chi connectivity index (χ4n) is 4.78. The standard InChI is InChI=1S/C28H34N4O5/c1-18-25-8-9-32(12-21(25)6-7-26(18)36-16-27-19(2)30-17-37-27)13-24(33)11-29-28(34)20-4-3-5-22(10-20)31-23-14-35-15-23/h3-7,10,17,23-24,31,33H,8-9,11-16H2,1-2H3,(H,29,34)/t24-/m0/s1. The second-order valence-electron chi connectivity index (χ2n) is 9.78. The molecule has 0 spiro atoms. The predicted octanol–water partition coefficient (Wildman–Crippen LogP) is 2.83. The molecule has 0 bridgehead atoms. The normalized spacial score (nSPS) is 16.5. The zero-order chi connectivity index (χ0) is 25.8. The Bertz CT molecular complexity index is 1240. The third kappa shape index (κ3) is 6.12. The van der Waals surface area contributed by atoms with Gasteiger partial charge >= 0.3 is 0 Å². The predicted molar refractivity (Wildman–Crippen MR) is 139 cm³/mol. The number of aliphatic hydroxyl groups is 1. The smallest absolute Gasteiger partial charge is 0.251 e. The van der Waals surface area contributed by atoms with Crippen molar-refractivity contribution in [3.05, 3.63) is 76.5 Å². The van der Waals surface area contributed by atoms with Gasteiger partial charge in [0.2, 0.25) is 0 Å². The summed E-state index contributed by atoms with van der Waals surface area (Å²) >= 11 is 0. The van der Waals surface area contributed by atoms with Gasteiger partial charge in [-0.25, -0.2) is 4.98 Å². The van der Waals surface area contributed by atoms with Crippen molar-refractivity contribution in [3.8, 4) is 5.75 Å². The number of anilines is 1. The molecule has 2 aromatic carbocycles. The molecular weight excluding hydrogens is 472 g/mol. The first-order chi connectivity index (χ1) is 18.0. The van der Waals surface area contributed by atoms with E-state index in [4.69, 9.17) is 13.9 Å². The average Bonchev–Trinajstić information content (AvgIpc) is 3.29. The quantitative estimate of drug-likeness (QED) is 0.385. The maximum absolute atomic E-state index is 12.6. The number of ether oxygens (including phenoxy) is 2. The number of fused-ring (bicyclic) bond motifs is 1. The summed E-state index contributed by atoms with van der Waals surface area (Å²) in [4.78, 5) is 19.0. The highest BCUT2D eigenvalue weighted by atomic mass is 16.5. The Balaban J connectivity index is 1.10. The van der Waals surface area contributed by atoms with Crippen molar-refractivity contribution in [3.63, 3.8) is 0 Å². The Morgan fingerprint density at radius 2 is 2.14 bits per heavy atom. The summed E-state index contributed by atoms with van der Waals surface area (Å²) in [7, 11) is 0. The van der Waals surface area contributed by atoms with Gasteiger partial charge in [0, 0.05) is 37.4 Å². The summed E-state index contributed by atoms with van der Waals surface area (Å²) < 4.78 is 16.6. The number of aryl methyl sites for hydroxylation is 1. The topological polar surface area (TPSA) is 109 Å². The van der Waals surface area contributed by atoms with E-state index in [2.05, 4.69) is 33.5 Å². The number of carbonyl (C=O) groups is 1. The van der Waals surface area contributed by atoms with Gasteiger partial charge in [-0.05, 0) is 61.2 Å². The van der Waals surface area contributed by atoms with Crippen molar-refractivity contribution in [1.29, 1.82) is 0 Å². The Morgan fingerprint density at radius 1 is 1.27 bits per heavy atom. The van der Waals surface area contributed by atoms with Crippen LogP contribution >= 0.6 is 0 Å². The SMILES string of the molecule is Cc1ncoc1COc1ccc2c(c1C)CCN(C[C@@H](O)CNC(=O)c1cccc(NC3COC3)c1)C2. The van der Waals surface area contributed by atoms with E-state index in [1.54, 1.807) is 6.07 Å². The van der Waals surface area contributed by atoms with Crippen molar-refractivity contribution >= 4 is 11.6 Å². The minimum Gasteiger partial charge on any atom is -0.485 e. The van der Waals surface area contributed by atoms with Crippen LogP contribution in [0.4, 0.5) is 5.69 Å². The summed E-state index contributed by atoms with van der Waals surface area (Å²) in [6.07, 6.45) is 1.65. The van der Waals surface area contributed by atoms with Crippen LogP contribution in [0.2, 0.25) is 0 Å². The van der Waals surface area contributed by atoms with Gasteiger partial charge in [-0.1, -0.05) is 12.1 Å². The molecule has 2 aliphatic rings. The van der Waals surface area contributed by atoms with Gasteiger partial charge in [0.25, 0.3) is 5.91 Å². The number of nitrogens with one attached hydrogen (secondary N) is 2. The van der Waals surface area contributed by atoms with E-state index < -0.39 is 6.10 Å². The Kier molecular flexibility index (Phi) is 7.73. The summed E-state index contributed by atoms with van der Waals surface area (Å²) in [6, 6.07) is 11.8. The number of benzene rings is 2. The number of oxazole rings is 1. The first-order valence-corrected chi connectivity index (χ1v) is 12.7. The van der Waals surface area contributed by atoms with Crippen molar-refractivity contribution in [2.75, 3.05) is 38.2 Å². The molecule has 3 heterocycles. The lowest BCUT2D eigenvalue weighted by Crippen LogP contribution is -2.42. The number of nitrogens with zero attached hydrogens (tertiary/aromatic N) is 2. The second kappa shape index (κ2) is 11.3. The zero-order valence-corrected chi connectivity index (χ0v) is 21.3. The minimum atomic E-state index is -0.659. The van der Waals surface area contributed by atoms with Crippen LogP contribution in [0.15, 0.2) is 47.2 Å². The van der Waals surface area contributed by atoms with E-state index in [0.29, 0.717) is 38.0 Å². The molecule has 9 nitrogen and oxygen atoms in total. The molecule has 2 aliphatic heterocycles. The number of hydrogen-bond acceptors (Lipinski definition) is 8. The van der Waals surface area contributed by atoms with Crippen molar-refractivity contribution in [2.45, 2.75) is 45.6 Å². The Hall–Kier alpha value is -3.40. The van der Waals surface area contributed by atoms with Crippen LogP contribution < -0.4 is 15.4 Å². The maximum atomic E-state index is 12.6. The third-order valence-corrected chi connectivity index (χ3v) is 7.02. The number of β-amino-alcohol motifs (C(OH)–C–C–N with tert-alkyl or cyclic N) is 1. The van der Waals surface area contributed by atoms with Gasteiger partial charge in [0.1, 0.15) is 12.4 Å². The Morgan fingerprint density at radius 3 is 2.89 bits per heavy atom. The van der Waals surface area contributed by atoms with Gasteiger partial charge in [-0.2, -0.15) is 0 Å². The maximum Gasteiger partial charge on any atom is 0.251 e. The monoisotopic (exact) mass is 506 g/mol. The largest absolute Gasteiger partial charge is 0.485 e. The first-order valence-electron chi connectivity index (χ1n) is 12.7. The molecule has 1 amide bonds. The van der Waals surface area contributed by atoms with Gasteiger partial charge in [0.15, 0.2) is 12.2 Å². The van der Waals surface area contributed by atoms with E-state index in [0.717, 1.165) is 48.0 Å². The highest BCUT2D eigenvalue weighted by Gasteiger charge is 2.22. The Labute approximate surface area is 216 Å². The van der Waals surface area contributed by atoms with E-state index in [1.165, 1.54) is 17.5 Å². The van der Waals surface area contributed by atoms with Gasteiger partial charge in [-0.15, -0.1) is 0 Å². The van der Waals surface area contributed by atoms with Gasteiger partial charge in [0.05, 0.1) is 31.1 Å². The zero-order valence-electron chi connectivity index (χ0n) is 21.3. The molecule has 1 fully saturated rings. The number of carbonyl (C=O) groups excluding carboxylic acids is 1. The number of rotatable bonds is 10. The number of amides is 1. The summed E-state index contributed by atoms with van der Waals surface area (Å²) in [5.74, 6) is 1.39. The van der Waals surface area contributed by atoms with Crippen LogP contribution in [0.25, 0.3) is 0 Å². The summed E-state index contributed by atoms with van der Waals surface area (Å²) in [5, 5.41) is 16.8. The van der Waals surface area contributed by atoms with Crippen LogP contribution in [-0.4, -0.2) is 65.9 Å². The molecule has 3 N–H and O–H groups in total. The molecule has 3 aromatic rings. The number of hydrogen-bond donors (Lipinski definition) is 3. The molecule has 5 rings (SSSR count). The fourth-order valence-corrected chi connectivity index (χ4v) is 4.78.